The molecule has 2 aromatic rings. The molecule has 0 atom stereocenters. The lowest BCUT2D eigenvalue weighted by Crippen LogP contribution is -2.02. The summed E-state index contributed by atoms with van der Waals surface area (Å²) in [5, 5.41) is 12.5. The zero-order valence-corrected chi connectivity index (χ0v) is 9.93. The van der Waals surface area contributed by atoms with Crippen LogP contribution in [0.1, 0.15) is 18.2 Å². The molecule has 2 N–H and O–H groups in total. The van der Waals surface area contributed by atoms with Crippen LogP contribution in [0.2, 0.25) is 0 Å². The van der Waals surface area contributed by atoms with E-state index >= 15 is 0 Å². The Hall–Kier alpha value is -1.81. The number of rotatable bonds is 5. The lowest BCUT2D eigenvalue weighted by atomic mass is 10.2. The van der Waals surface area contributed by atoms with Gasteiger partial charge in [0.25, 0.3) is 0 Å². The fraction of sp³-hybridized carbons (Fsp3) is 0.308. The Kier molecular flexibility index (Phi) is 3.77. The van der Waals surface area contributed by atoms with E-state index in [0.29, 0.717) is 6.54 Å². The van der Waals surface area contributed by atoms with E-state index in [0.717, 1.165) is 23.5 Å². The molecule has 0 fully saturated rings. The highest BCUT2D eigenvalue weighted by Crippen LogP contribution is 2.15. The SMILES string of the molecule is CCn1cnc(CNc2ccccc2CO)c1. The lowest BCUT2D eigenvalue weighted by molar-refractivity contribution is 0.282. The average molecular weight is 231 g/mol. The van der Waals surface area contributed by atoms with Gasteiger partial charge in [0.05, 0.1) is 25.2 Å². The number of aliphatic hydroxyl groups excluding tert-OH is 1. The summed E-state index contributed by atoms with van der Waals surface area (Å²) >= 11 is 0. The van der Waals surface area contributed by atoms with Gasteiger partial charge in [0.1, 0.15) is 0 Å². The molecule has 4 heteroatoms. The fourth-order valence-corrected chi connectivity index (χ4v) is 1.69. The summed E-state index contributed by atoms with van der Waals surface area (Å²) in [5.74, 6) is 0. The summed E-state index contributed by atoms with van der Waals surface area (Å²) in [5.41, 5.74) is 2.86. The first kappa shape index (κ1) is 11.7. The number of anilines is 1. The van der Waals surface area contributed by atoms with Gasteiger partial charge in [0.2, 0.25) is 0 Å². The monoisotopic (exact) mass is 231 g/mol. The second kappa shape index (κ2) is 5.50. The van der Waals surface area contributed by atoms with E-state index in [1.165, 1.54) is 0 Å². The van der Waals surface area contributed by atoms with Gasteiger partial charge in [-0.15, -0.1) is 0 Å². The van der Waals surface area contributed by atoms with Crippen molar-refractivity contribution in [2.45, 2.75) is 26.6 Å². The van der Waals surface area contributed by atoms with E-state index < -0.39 is 0 Å². The summed E-state index contributed by atoms with van der Waals surface area (Å²) in [6.07, 6.45) is 3.85. The first-order valence-corrected chi connectivity index (χ1v) is 5.76. The molecule has 0 saturated heterocycles. The number of aromatic nitrogens is 2. The predicted molar refractivity (Wildman–Crippen MR) is 67.6 cm³/mol. The maximum absolute atomic E-state index is 9.20. The minimum absolute atomic E-state index is 0.0482. The molecule has 0 bridgehead atoms. The molecule has 0 aliphatic heterocycles. The quantitative estimate of drug-likeness (QED) is 0.827. The Morgan fingerprint density at radius 3 is 2.88 bits per heavy atom. The third-order valence-corrected chi connectivity index (χ3v) is 2.70. The van der Waals surface area contributed by atoms with Crippen LogP contribution in [0.5, 0.6) is 0 Å². The van der Waals surface area contributed by atoms with Crippen LogP contribution in [-0.2, 0) is 19.7 Å². The Morgan fingerprint density at radius 1 is 1.35 bits per heavy atom. The third kappa shape index (κ3) is 2.85. The molecule has 0 unspecified atom stereocenters. The maximum atomic E-state index is 9.20. The first-order valence-electron chi connectivity index (χ1n) is 5.76. The third-order valence-electron chi connectivity index (χ3n) is 2.70. The van der Waals surface area contributed by atoms with Crippen molar-refractivity contribution in [3.05, 3.63) is 48.0 Å². The second-order valence-electron chi connectivity index (χ2n) is 3.86. The van der Waals surface area contributed by atoms with Gasteiger partial charge < -0.3 is 15.0 Å². The standard InChI is InChI=1S/C13H17N3O/c1-2-16-8-12(15-10-16)7-14-13-6-4-3-5-11(13)9-17/h3-6,8,10,14,17H,2,7,9H2,1H3. The van der Waals surface area contributed by atoms with Crippen molar-refractivity contribution in [1.29, 1.82) is 0 Å². The van der Waals surface area contributed by atoms with Crippen molar-refractivity contribution in [2.24, 2.45) is 0 Å². The van der Waals surface area contributed by atoms with Crippen LogP contribution in [0.3, 0.4) is 0 Å². The van der Waals surface area contributed by atoms with Gasteiger partial charge in [-0.25, -0.2) is 4.98 Å². The second-order valence-corrected chi connectivity index (χ2v) is 3.86. The zero-order valence-electron chi connectivity index (χ0n) is 9.93. The van der Waals surface area contributed by atoms with Crippen LogP contribution >= 0.6 is 0 Å². The molecule has 17 heavy (non-hydrogen) atoms. The minimum Gasteiger partial charge on any atom is -0.392 e. The molecule has 1 aromatic heterocycles. The van der Waals surface area contributed by atoms with Crippen molar-refractivity contribution in [3.63, 3.8) is 0 Å². The Morgan fingerprint density at radius 2 is 2.18 bits per heavy atom. The Balaban J connectivity index is 2.01. The highest BCUT2D eigenvalue weighted by Gasteiger charge is 2.01. The molecule has 90 valence electrons. The molecule has 1 heterocycles. The smallest absolute Gasteiger partial charge is 0.0950 e. The number of aliphatic hydroxyl groups is 1. The summed E-state index contributed by atoms with van der Waals surface area (Å²) in [6, 6.07) is 7.74. The van der Waals surface area contributed by atoms with Gasteiger partial charge in [0.15, 0.2) is 0 Å². The van der Waals surface area contributed by atoms with E-state index in [1.807, 2.05) is 41.4 Å². The van der Waals surface area contributed by atoms with E-state index in [2.05, 4.69) is 17.2 Å². The van der Waals surface area contributed by atoms with Crippen molar-refractivity contribution in [2.75, 3.05) is 5.32 Å². The van der Waals surface area contributed by atoms with Crippen molar-refractivity contribution >= 4 is 5.69 Å². The number of benzene rings is 1. The molecule has 0 radical (unpaired) electrons. The van der Waals surface area contributed by atoms with Crippen LogP contribution in [0, 0.1) is 0 Å². The average Bonchev–Trinajstić information content (AvgIpc) is 2.84. The largest absolute Gasteiger partial charge is 0.392 e. The van der Waals surface area contributed by atoms with Crippen LogP contribution in [0.25, 0.3) is 0 Å². The summed E-state index contributed by atoms with van der Waals surface area (Å²) < 4.78 is 2.04. The van der Waals surface area contributed by atoms with Crippen molar-refractivity contribution < 1.29 is 5.11 Å². The van der Waals surface area contributed by atoms with Crippen molar-refractivity contribution in [1.82, 2.24) is 9.55 Å². The van der Waals surface area contributed by atoms with E-state index in [4.69, 9.17) is 0 Å². The van der Waals surface area contributed by atoms with E-state index in [9.17, 15) is 5.11 Å². The van der Waals surface area contributed by atoms with E-state index in [1.54, 1.807) is 0 Å². The van der Waals surface area contributed by atoms with Gasteiger partial charge in [-0.05, 0) is 13.0 Å². The highest BCUT2D eigenvalue weighted by molar-refractivity contribution is 5.50. The molecule has 4 nitrogen and oxygen atoms in total. The number of para-hydroxylation sites is 1. The van der Waals surface area contributed by atoms with Gasteiger partial charge in [-0.1, -0.05) is 18.2 Å². The molecule has 0 amide bonds. The number of imidazole rings is 1. The minimum atomic E-state index is 0.0482. The molecule has 0 spiro atoms. The number of nitrogens with zero attached hydrogens (tertiary/aromatic N) is 2. The van der Waals surface area contributed by atoms with Crippen molar-refractivity contribution in [3.8, 4) is 0 Å². The van der Waals surface area contributed by atoms with Gasteiger partial charge in [-0.2, -0.15) is 0 Å². The predicted octanol–water partition coefficient (Wildman–Crippen LogP) is 2.01. The molecule has 0 aliphatic rings. The first-order chi connectivity index (χ1) is 8.33. The lowest BCUT2D eigenvalue weighted by Gasteiger charge is -2.08. The number of hydrogen-bond donors (Lipinski definition) is 2. The van der Waals surface area contributed by atoms with Gasteiger partial charge >= 0.3 is 0 Å². The van der Waals surface area contributed by atoms with Gasteiger partial charge in [0, 0.05) is 24.0 Å². The molecular weight excluding hydrogens is 214 g/mol. The fourth-order valence-electron chi connectivity index (χ4n) is 1.69. The normalized spacial score (nSPS) is 10.5. The van der Waals surface area contributed by atoms with Crippen LogP contribution in [0.4, 0.5) is 5.69 Å². The topological polar surface area (TPSA) is 50.1 Å². The molecule has 0 saturated carbocycles. The zero-order chi connectivity index (χ0) is 12.1. The molecular formula is C13H17N3O. The highest BCUT2D eigenvalue weighted by atomic mass is 16.3. The maximum Gasteiger partial charge on any atom is 0.0950 e. The number of hydrogen-bond acceptors (Lipinski definition) is 3. The Labute approximate surface area is 101 Å². The number of nitrogens with one attached hydrogen (secondary N) is 1. The van der Waals surface area contributed by atoms with Crippen LogP contribution in [-0.4, -0.2) is 14.7 Å². The summed E-state index contributed by atoms with van der Waals surface area (Å²) in [4.78, 5) is 4.30. The summed E-state index contributed by atoms with van der Waals surface area (Å²) in [7, 11) is 0. The van der Waals surface area contributed by atoms with E-state index in [-0.39, 0.29) is 6.61 Å². The van der Waals surface area contributed by atoms with Gasteiger partial charge in [-0.3, -0.25) is 0 Å². The number of aryl methyl sites for hydroxylation is 1. The summed E-state index contributed by atoms with van der Waals surface area (Å²) in [6.45, 7) is 3.73. The van der Waals surface area contributed by atoms with Crippen LogP contribution in [0.15, 0.2) is 36.8 Å². The Bertz CT molecular complexity index is 479. The molecule has 2 rings (SSSR count). The molecule has 0 aliphatic carbocycles. The molecule has 1 aromatic carbocycles. The van der Waals surface area contributed by atoms with Crippen LogP contribution < -0.4 is 5.32 Å².